The van der Waals surface area contributed by atoms with Crippen molar-refractivity contribution in [1.82, 2.24) is 14.7 Å². The SMILES string of the molecule is CN1CCN(CCCN2CCC(C(C)(C)C)CC2)C1=O. The van der Waals surface area contributed by atoms with Gasteiger partial charge in [0.2, 0.25) is 0 Å². The quantitative estimate of drug-likeness (QED) is 0.791. The molecule has 0 radical (unpaired) electrons. The zero-order valence-corrected chi connectivity index (χ0v) is 13.7. The van der Waals surface area contributed by atoms with Crippen molar-refractivity contribution in [2.24, 2.45) is 11.3 Å². The summed E-state index contributed by atoms with van der Waals surface area (Å²) in [5, 5.41) is 0. The van der Waals surface area contributed by atoms with E-state index in [1.54, 1.807) is 0 Å². The van der Waals surface area contributed by atoms with E-state index in [1.807, 2.05) is 16.8 Å². The van der Waals surface area contributed by atoms with Crippen molar-refractivity contribution in [3.8, 4) is 0 Å². The molecule has 2 aliphatic rings. The van der Waals surface area contributed by atoms with E-state index >= 15 is 0 Å². The minimum atomic E-state index is 0.205. The summed E-state index contributed by atoms with van der Waals surface area (Å²) >= 11 is 0. The van der Waals surface area contributed by atoms with Crippen molar-refractivity contribution in [3.63, 3.8) is 0 Å². The van der Waals surface area contributed by atoms with Crippen LogP contribution in [0.3, 0.4) is 0 Å². The van der Waals surface area contributed by atoms with Gasteiger partial charge >= 0.3 is 6.03 Å². The van der Waals surface area contributed by atoms with E-state index in [2.05, 4.69) is 25.7 Å². The van der Waals surface area contributed by atoms with Crippen LogP contribution in [0.15, 0.2) is 0 Å². The van der Waals surface area contributed by atoms with Gasteiger partial charge in [0.25, 0.3) is 0 Å². The van der Waals surface area contributed by atoms with E-state index < -0.39 is 0 Å². The maximum Gasteiger partial charge on any atom is 0.319 e. The van der Waals surface area contributed by atoms with Gasteiger partial charge in [-0.15, -0.1) is 0 Å². The highest BCUT2D eigenvalue weighted by molar-refractivity contribution is 5.76. The fraction of sp³-hybridized carbons (Fsp3) is 0.938. The van der Waals surface area contributed by atoms with E-state index in [0.29, 0.717) is 5.41 Å². The Balaban J connectivity index is 1.63. The monoisotopic (exact) mass is 281 g/mol. The number of piperidine rings is 1. The van der Waals surface area contributed by atoms with Crippen molar-refractivity contribution in [2.75, 3.05) is 46.3 Å². The topological polar surface area (TPSA) is 26.8 Å². The lowest BCUT2D eigenvalue weighted by molar-refractivity contribution is 0.109. The molecule has 2 heterocycles. The molecule has 0 N–H and O–H groups in total. The second kappa shape index (κ2) is 6.33. The minimum absolute atomic E-state index is 0.205. The first-order valence-corrected chi connectivity index (χ1v) is 8.10. The molecule has 0 aromatic rings. The largest absolute Gasteiger partial charge is 0.326 e. The van der Waals surface area contributed by atoms with Crippen LogP contribution < -0.4 is 0 Å². The molecule has 0 atom stereocenters. The van der Waals surface area contributed by atoms with Crippen molar-refractivity contribution in [1.29, 1.82) is 0 Å². The molecule has 2 amide bonds. The van der Waals surface area contributed by atoms with Gasteiger partial charge in [-0.1, -0.05) is 20.8 Å². The summed E-state index contributed by atoms with van der Waals surface area (Å²) in [4.78, 5) is 18.2. The molecule has 4 heteroatoms. The summed E-state index contributed by atoms with van der Waals surface area (Å²) in [5.41, 5.74) is 0.457. The standard InChI is InChI=1S/C16H31N3O/c1-16(2,3)14-6-10-18(11-7-14)8-5-9-19-13-12-17(4)15(19)20/h14H,5-13H2,1-4H3. The predicted molar refractivity (Wildman–Crippen MR) is 82.8 cm³/mol. The summed E-state index contributed by atoms with van der Waals surface area (Å²) in [6, 6.07) is 0.205. The Hall–Kier alpha value is -0.770. The zero-order chi connectivity index (χ0) is 14.8. The number of likely N-dealkylation sites (tertiary alicyclic amines) is 1. The van der Waals surface area contributed by atoms with Crippen molar-refractivity contribution < 1.29 is 4.79 Å². The molecule has 0 spiro atoms. The highest BCUT2D eigenvalue weighted by Gasteiger charge is 2.29. The summed E-state index contributed by atoms with van der Waals surface area (Å²) in [7, 11) is 1.89. The number of hydrogen-bond donors (Lipinski definition) is 0. The van der Waals surface area contributed by atoms with Gasteiger partial charge in [-0.2, -0.15) is 0 Å². The molecule has 0 aromatic carbocycles. The van der Waals surface area contributed by atoms with Crippen molar-refractivity contribution >= 4 is 6.03 Å². The van der Waals surface area contributed by atoms with Crippen molar-refractivity contribution in [2.45, 2.75) is 40.0 Å². The Bertz CT molecular complexity index is 329. The number of carbonyl (C=O) groups excluding carboxylic acids is 1. The molecule has 0 bridgehead atoms. The smallest absolute Gasteiger partial charge is 0.319 e. The third kappa shape index (κ3) is 3.87. The minimum Gasteiger partial charge on any atom is -0.326 e. The lowest BCUT2D eigenvalue weighted by atomic mass is 9.75. The summed E-state index contributed by atoms with van der Waals surface area (Å²) < 4.78 is 0. The van der Waals surface area contributed by atoms with Crippen LogP contribution in [0.1, 0.15) is 40.0 Å². The molecule has 2 aliphatic heterocycles. The normalized spacial score (nSPS) is 22.9. The average molecular weight is 281 g/mol. The summed E-state index contributed by atoms with van der Waals surface area (Å²) in [5.74, 6) is 0.868. The van der Waals surface area contributed by atoms with E-state index in [0.717, 1.165) is 38.5 Å². The molecule has 2 rings (SSSR count). The van der Waals surface area contributed by atoms with Crippen LogP contribution in [0, 0.1) is 11.3 Å². The average Bonchev–Trinajstić information content (AvgIpc) is 2.70. The van der Waals surface area contributed by atoms with E-state index in [9.17, 15) is 4.79 Å². The van der Waals surface area contributed by atoms with Crippen LogP contribution in [-0.2, 0) is 0 Å². The van der Waals surface area contributed by atoms with Gasteiger partial charge in [-0.25, -0.2) is 4.79 Å². The molecule has 4 nitrogen and oxygen atoms in total. The number of nitrogens with zero attached hydrogens (tertiary/aromatic N) is 3. The maximum absolute atomic E-state index is 11.8. The number of likely N-dealkylation sites (N-methyl/N-ethyl adjacent to an activating group) is 1. The molecule has 116 valence electrons. The van der Waals surface area contributed by atoms with Gasteiger partial charge in [0.05, 0.1) is 0 Å². The zero-order valence-electron chi connectivity index (χ0n) is 13.7. The van der Waals surface area contributed by atoms with E-state index in [1.165, 1.54) is 25.9 Å². The lowest BCUT2D eigenvalue weighted by Gasteiger charge is -2.38. The second-order valence-corrected chi connectivity index (χ2v) is 7.53. The molecule has 2 saturated heterocycles. The Kier molecular flexibility index (Phi) is 4.95. The third-order valence-corrected chi connectivity index (χ3v) is 5.02. The van der Waals surface area contributed by atoms with Crippen LogP contribution in [0.4, 0.5) is 4.79 Å². The highest BCUT2D eigenvalue weighted by atomic mass is 16.2. The molecular formula is C16H31N3O. The maximum atomic E-state index is 11.8. The van der Waals surface area contributed by atoms with Gasteiger partial charge in [-0.05, 0) is 50.2 Å². The van der Waals surface area contributed by atoms with Gasteiger partial charge < -0.3 is 14.7 Å². The first-order valence-electron chi connectivity index (χ1n) is 8.10. The Morgan fingerprint density at radius 2 is 1.70 bits per heavy atom. The fourth-order valence-corrected chi connectivity index (χ4v) is 3.42. The first kappa shape index (κ1) is 15.6. The van der Waals surface area contributed by atoms with Crippen LogP contribution in [0.2, 0.25) is 0 Å². The molecular weight excluding hydrogens is 250 g/mol. The summed E-state index contributed by atoms with van der Waals surface area (Å²) in [6.45, 7) is 13.4. The molecule has 0 aliphatic carbocycles. The lowest BCUT2D eigenvalue weighted by Crippen LogP contribution is -2.39. The van der Waals surface area contributed by atoms with Crippen LogP contribution >= 0.6 is 0 Å². The number of urea groups is 1. The van der Waals surface area contributed by atoms with Gasteiger partial charge in [0.1, 0.15) is 0 Å². The van der Waals surface area contributed by atoms with Gasteiger partial charge in [-0.3, -0.25) is 0 Å². The summed E-state index contributed by atoms with van der Waals surface area (Å²) in [6.07, 6.45) is 3.77. The Morgan fingerprint density at radius 3 is 2.20 bits per heavy atom. The molecule has 20 heavy (non-hydrogen) atoms. The number of carbonyl (C=O) groups is 1. The number of amides is 2. The molecule has 0 saturated carbocycles. The molecule has 0 unspecified atom stereocenters. The second-order valence-electron chi connectivity index (χ2n) is 7.53. The van der Waals surface area contributed by atoms with E-state index in [-0.39, 0.29) is 6.03 Å². The Labute approximate surface area is 124 Å². The van der Waals surface area contributed by atoms with Crippen molar-refractivity contribution in [3.05, 3.63) is 0 Å². The van der Waals surface area contributed by atoms with Gasteiger partial charge in [0, 0.05) is 26.7 Å². The van der Waals surface area contributed by atoms with Crippen LogP contribution in [0.25, 0.3) is 0 Å². The van der Waals surface area contributed by atoms with Crippen LogP contribution in [-0.4, -0.2) is 67.0 Å². The fourth-order valence-electron chi connectivity index (χ4n) is 3.42. The predicted octanol–water partition coefficient (Wildman–Crippen LogP) is 2.50. The highest BCUT2D eigenvalue weighted by Crippen LogP contribution is 2.34. The molecule has 0 aromatic heterocycles. The third-order valence-electron chi connectivity index (χ3n) is 5.02. The first-order chi connectivity index (χ1) is 9.38. The van der Waals surface area contributed by atoms with E-state index in [4.69, 9.17) is 0 Å². The molecule has 2 fully saturated rings. The Morgan fingerprint density at radius 1 is 1.05 bits per heavy atom. The van der Waals surface area contributed by atoms with Crippen LogP contribution in [0.5, 0.6) is 0 Å². The van der Waals surface area contributed by atoms with Gasteiger partial charge in [0.15, 0.2) is 0 Å². The number of hydrogen-bond acceptors (Lipinski definition) is 2. The number of rotatable bonds is 4.